The van der Waals surface area contributed by atoms with Crippen LogP contribution in [0.5, 0.6) is 0 Å². The van der Waals surface area contributed by atoms with Crippen molar-refractivity contribution in [2.75, 3.05) is 41.3 Å². The van der Waals surface area contributed by atoms with Crippen LogP contribution in [-0.2, 0) is 22.0 Å². The fraction of sp³-hybridized carbons (Fsp3) is 0.259. The van der Waals surface area contributed by atoms with E-state index in [9.17, 15) is 12.8 Å². The minimum absolute atomic E-state index is 0.0361. The highest BCUT2D eigenvalue weighted by Crippen LogP contribution is 2.37. The minimum Gasteiger partial charge on any atom is -0.367 e. The predicted octanol–water partition coefficient (Wildman–Crippen LogP) is 3.61. The number of halogens is 1. The Labute approximate surface area is 215 Å². The summed E-state index contributed by atoms with van der Waals surface area (Å²) < 4.78 is 41.7. The molecule has 10 heteroatoms. The zero-order valence-electron chi connectivity index (χ0n) is 20.2. The molecule has 0 radical (unpaired) electrons. The van der Waals surface area contributed by atoms with Crippen LogP contribution in [0.3, 0.4) is 0 Å². The number of benzene rings is 2. The molecule has 0 spiro atoms. The molecule has 3 aromatic rings. The standard InChI is InChI=1S/C27H27FN6O2S/c1-18-6-7-20-16-30-27(31-22-8-9-24(23(28)15-22)33-12-10-29-11-13-33)32-26(20)34(18)25-14-19-4-2-3-5-21(19)17-37(25,35)36/h2-9,15-16,25,29H,1,10-14,17H2,(H,30,31,32). The van der Waals surface area contributed by atoms with Crippen LogP contribution >= 0.6 is 0 Å². The highest BCUT2D eigenvalue weighted by Gasteiger charge is 2.39. The first-order valence-corrected chi connectivity index (χ1v) is 13.9. The summed E-state index contributed by atoms with van der Waals surface area (Å²) >= 11 is 0. The van der Waals surface area contributed by atoms with Crippen molar-refractivity contribution < 1.29 is 12.8 Å². The van der Waals surface area contributed by atoms with Gasteiger partial charge in [0.25, 0.3) is 0 Å². The quantitative estimate of drug-likeness (QED) is 0.542. The van der Waals surface area contributed by atoms with Crippen molar-refractivity contribution in [2.45, 2.75) is 17.5 Å². The van der Waals surface area contributed by atoms with Gasteiger partial charge in [-0.05, 0) is 41.5 Å². The lowest BCUT2D eigenvalue weighted by Crippen LogP contribution is -2.46. The lowest BCUT2D eigenvalue weighted by Gasteiger charge is -2.37. The van der Waals surface area contributed by atoms with Crippen LogP contribution < -0.4 is 20.4 Å². The monoisotopic (exact) mass is 518 g/mol. The van der Waals surface area contributed by atoms with Crippen LogP contribution in [0.4, 0.5) is 27.5 Å². The molecule has 6 rings (SSSR count). The molecule has 1 saturated heterocycles. The molecular formula is C27H27FN6O2S. The van der Waals surface area contributed by atoms with E-state index in [0.29, 0.717) is 34.9 Å². The topological polar surface area (TPSA) is 90.5 Å². The number of aromatic nitrogens is 2. The smallest absolute Gasteiger partial charge is 0.229 e. The van der Waals surface area contributed by atoms with Gasteiger partial charge in [-0.25, -0.2) is 17.8 Å². The molecule has 1 fully saturated rings. The molecular weight excluding hydrogens is 491 g/mol. The summed E-state index contributed by atoms with van der Waals surface area (Å²) in [4.78, 5) is 12.8. The molecule has 1 unspecified atom stereocenters. The largest absolute Gasteiger partial charge is 0.367 e. The molecule has 3 aliphatic heterocycles. The van der Waals surface area contributed by atoms with Crippen molar-refractivity contribution >= 4 is 39.1 Å². The molecule has 8 nitrogen and oxygen atoms in total. The fourth-order valence-electron chi connectivity index (χ4n) is 5.13. The maximum atomic E-state index is 14.9. The number of nitrogens with one attached hydrogen (secondary N) is 2. The zero-order chi connectivity index (χ0) is 25.6. The molecule has 1 aromatic heterocycles. The number of hydrogen-bond donors (Lipinski definition) is 2. The average Bonchev–Trinajstić information content (AvgIpc) is 2.89. The van der Waals surface area contributed by atoms with E-state index in [0.717, 1.165) is 37.3 Å². The first-order valence-electron chi connectivity index (χ1n) is 12.2. The predicted molar refractivity (Wildman–Crippen MR) is 144 cm³/mol. The van der Waals surface area contributed by atoms with Gasteiger partial charge in [0.15, 0.2) is 9.84 Å². The Hall–Kier alpha value is -3.76. The second-order valence-corrected chi connectivity index (χ2v) is 11.6. The second-order valence-electron chi connectivity index (χ2n) is 9.43. The maximum Gasteiger partial charge on any atom is 0.229 e. The summed E-state index contributed by atoms with van der Waals surface area (Å²) in [6.07, 6.45) is 5.56. The van der Waals surface area contributed by atoms with Gasteiger partial charge in [-0.15, -0.1) is 0 Å². The van der Waals surface area contributed by atoms with Crippen LogP contribution in [-0.4, -0.2) is 49.9 Å². The van der Waals surface area contributed by atoms with Gasteiger partial charge in [-0.2, -0.15) is 4.98 Å². The Morgan fingerprint density at radius 2 is 1.86 bits per heavy atom. The van der Waals surface area contributed by atoms with Crippen molar-refractivity contribution in [1.29, 1.82) is 0 Å². The van der Waals surface area contributed by atoms with Gasteiger partial charge < -0.3 is 20.4 Å². The van der Waals surface area contributed by atoms with Gasteiger partial charge in [0.2, 0.25) is 5.95 Å². The van der Waals surface area contributed by atoms with Crippen LogP contribution in [0.25, 0.3) is 6.08 Å². The van der Waals surface area contributed by atoms with Gasteiger partial charge in [0.1, 0.15) is 17.0 Å². The summed E-state index contributed by atoms with van der Waals surface area (Å²) in [5.41, 5.74) is 4.12. The Balaban J connectivity index is 1.30. The van der Waals surface area contributed by atoms with Crippen LogP contribution in [0.2, 0.25) is 0 Å². The van der Waals surface area contributed by atoms with Gasteiger partial charge in [-0.1, -0.05) is 30.8 Å². The Morgan fingerprint density at radius 1 is 1.08 bits per heavy atom. The highest BCUT2D eigenvalue weighted by molar-refractivity contribution is 7.91. The lowest BCUT2D eigenvalue weighted by atomic mass is 10.0. The van der Waals surface area contributed by atoms with Crippen molar-refractivity contribution in [3.05, 3.63) is 89.5 Å². The number of sulfone groups is 1. The number of nitrogens with zero attached hydrogens (tertiary/aromatic N) is 4. The average molecular weight is 519 g/mol. The third-order valence-corrected chi connectivity index (χ3v) is 8.94. The summed E-state index contributed by atoms with van der Waals surface area (Å²) in [5, 5.41) is 5.51. The van der Waals surface area contributed by atoms with E-state index in [4.69, 9.17) is 0 Å². The minimum atomic E-state index is -3.51. The van der Waals surface area contributed by atoms with E-state index in [1.165, 1.54) is 6.07 Å². The molecule has 2 aromatic carbocycles. The number of hydrogen-bond acceptors (Lipinski definition) is 8. The molecule has 3 aliphatic rings. The molecule has 0 amide bonds. The maximum absolute atomic E-state index is 14.9. The number of rotatable bonds is 4. The molecule has 2 N–H and O–H groups in total. The zero-order valence-corrected chi connectivity index (χ0v) is 21.0. The van der Waals surface area contributed by atoms with Crippen LogP contribution in [0.1, 0.15) is 16.7 Å². The van der Waals surface area contributed by atoms with Crippen molar-refractivity contribution in [1.82, 2.24) is 15.3 Å². The van der Waals surface area contributed by atoms with Crippen LogP contribution in [0.15, 0.2) is 67.0 Å². The summed E-state index contributed by atoms with van der Waals surface area (Å²) in [6.45, 7) is 7.25. The van der Waals surface area contributed by atoms with Crippen molar-refractivity contribution in [2.24, 2.45) is 0 Å². The number of piperazine rings is 1. The molecule has 190 valence electrons. The third-order valence-electron chi connectivity index (χ3n) is 7.02. The Bertz CT molecular complexity index is 1520. The summed E-state index contributed by atoms with van der Waals surface area (Å²) in [6, 6.07) is 12.6. The van der Waals surface area contributed by atoms with Gasteiger partial charge >= 0.3 is 0 Å². The number of fused-ring (bicyclic) bond motifs is 2. The van der Waals surface area contributed by atoms with E-state index in [-0.39, 0.29) is 17.5 Å². The van der Waals surface area contributed by atoms with E-state index >= 15 is 0 Å². The van der Waals surface area contributed by atoms with E-state index in [2.05, 4.69) is 27.2 Å². The SMILES string of the molecule is C=C1C=Cc2cnc(Nc3ccc(N4CCNCC4)c(F)c3)nc2N1C1Cc2ccccc2CS1(=O)=O. The van der Waals surface area contributed by atoms with Gasteiger partial charge in [0, 0.05) is 55.7 Å². The van der Waals surface area contributed by atoms with E-state index in [1.54, 1.807) is 29.3 Å². The first-order chi connectivity index (χ1) is 17.9. The van der Waals surface area contributed by atoms with Gasteiger partial charge in [-0.3, -0.25) is 0 Å². The van der Waals surface area contributed by atoms with Gasteiger partial charge in [0.05, 0.1) is 11.4 Å². The number of anilines is 4. The van der Waals surface area contributed by atoms with E-state index in [1.807, 2.05) is 35.2 Å². The molecule has 4 heterocycles. The van der Waals surface area contributed by atoms with Crippen LogP contribution in [0, 0.1) is 5.82 Å². The van der Waals surface area contributed by atoms with Crippen molar-refractivity contribution in [3.8, 4) is 0 Å². The highest BCUT2D eigenvalue weighted by atomic mass is 32.2. The van der Waals surface area contributed by atoms with Crippen molar-refractivity contribution in [3.63, 3.8) is 0 Å². The summed E-state index contributed by atoms with van der Waals surface area (Å²) in [7, 11) is -3.51. The molecule has 37 heavy (non-hydrogen) atoms. The Kier molecular flexibility index (Phi) is 5.92. The normalized spacial score (nSPS) is 20.4. The third kappa shape index (κ3) is 4.47. The first kappa shape index (κ1) is 23.6. The Morgan fingerprint density at radius 3 is 2.65 bits per heavy atom. The second kappa shape index (κ2) is 9.28. The lowest BCUT2D eigenvalue weighted by molar-refractivity contribution is 0.566. The molecule has 0 saturated carbocycles. The number of allylic oxidation sites excluding steroid dienone is 1. The molecule has 0 aliphatic carbocycles. The molecule has 1 atom stereocenters. The summed E-state index contributed by atoms with van der Waals surface area (Å²) in [5.74, 6) is 0.339. The van der Waals surface area contributed by atoms with E-state index < -0.39 is 15.2 Å². The molecule has 0 bridgehead atoms. The fourth-order valence-corrected chi connectivity index (χ4v) is 7.03.